The summed E-state index contributed by atoms with van der Waals surface area (Å²) in [4.78, 5) is 19.3. The van der Waals surface area contributed by atoms with Crippen LogP contribution in [0.2, 0.25) is 10.0 Å². The Bertz CT molecular complexity index is 1730. The molecule has 3 aromatic carbocycles. The van der Waals surface area contributed by atoms with Crippen molar-refractivity contribution in [2.75, 3.05) is 44.5 Å². The highest BCUT2D eigenvalue weighted by atomic mass is 35.5. The van der Waals surface area contributed by atoms with E-state index in [1.165, 1.54) is 12.3 Å². The Morgan fingerprint density at radius 2 is 2.05 bits per heavy atom. The number of aromatic nitrogens is 1. The maximum Gasteiger partial charge on any atom is 0.248 e. The number of carbonyl (C=O) groups is 1. The first kappa shape index (κ1) is 31.1. The Kier molecular flexibility index (Phi) is 10.2. The lowest BCUT2D eigenvalue weighted by Crippen LogP contribution is -2.18. The molecule has 2 N–H and O–H groups in total. The molecule has 1 saturated heterocycles. The zero-order chi connectivity index (χ0) is 31.1. The molecule has 1 amide bonds. The molecule has 44 heavy (non-hydrogen) atoms. The van der Waals surface area contributed by atoms with Crippen LogP contribution in [0.25, 0.3) is 10.9 Å². The van der Waals surface area contributed by atoms with Gasteiger partial charge in [0, 0.05) is 47.4 Å². The number of anilines is 3. The molecule has 0 radical (unpaired) electrons. The quantitative estimate of drug-likeness (QED) is 0.171. The Labute approximate surface area is 265 Å². The molecule has 2 heterocycles. The third-order valence-electron chi connectivity index (χ3n) is 6.75. The largest absolute Gasteiger partial charge is 0.487 e. The van der Waals surface area contributed by atoms with E-state index in [-0.39, 0.29) is 12.0 Å². The van der Waals surface area contributed by atoms with Crippen LogP contribution < -0.4 is 20.1 Å². The van der Waals surface area contributed by atoms with E-state index in [4.69, 9.17) is 37.4 Å². The molecule has 1 aliphatic rings. The predicted octanol–water partition coefficient (Wildman–Crippen LogP) is 6.96. The van der Waals surface area contributed by atoms with Crippen LogP contribution in [0.15, 0.2) is 72.9 Å². The summed E-state index contributed by atoms with van der Waals surface area (Å²) in [6.45, 7) is 1.99. The molecule has 0 aliphatic carbocycles. The van der Waals surface area contributed by atoms with E-state index in [2.05, 4.69) is 21.7 Å². The Morgan fingerprint density at radius 3 is 2.77 bits per heavy atom. The van der Waals surface area contributed by atoms with E-state index < -0.39 is 0 Å². The van der Waals surface area contributed by atoms with Crippen LogP contribution in [0.5, 0.6) is 11.5 Å². The van der Waals surface area contributed by atoms with Crippen molar-refractivity contribution in [1.82, 2.24) is 9.88 Å². The maximum atomic E-state index is 12.8. The van der Waals surface area contributed by atoms with Gasteiger partial charge < -0.3 is 29.7 Å². The maximum absolute atomic E-state index is 12.8. The summed E-state index contributed by atoms with van der Waals surface area (Å²) >= 11 is 12.7. The molecule has 11 heteroatoms. The molecule has 0 spiro atoms. The highest BCUT2D eigenvalue weighted by Gasteiger charge is 2.21. The number of rotatable bonds is 11. The standard InChI is InChI=1S/C33H31Cl2N5O4/c1-40(2)11-4-7-32(41)39-29-15-26-28(16-31(29)44-25-10-12-42-20-25)37-18-22(17-36)33(26)38-24-8-9-30(27(35)14-24)43-19-21-5-3-6-23(34)13-21/h3-9,13-16,18,25H,10-12,19-20H2,1-2H3,(H,37,38)(H,39,41)/b7-4+/t25-/m0/s1. The van der Waals surface area contributed by atoms with Crippen LogP contribution in [-0.2, 0) is 16.1 Å². The first-order valence-electron chi connectivity index (χ1n) is 14.0. The molecule has 226 valence electrons. The minimum absolute atomic E-state index is 0.148. The van der Waals surface area contributed by atoms with Gasteiger partial charge in [-0.25, -0.2) is 0 Å². The summed E-state index contributed by atoms with van der Waals surface area (Å²) in [6, 6.07) is 18.4. The summed E-state index contributed by atoms with van der Waals surface area (Å²) in [5.41, 5.74) is 3.40. The molecule has 1 fully saturated rings. The molecule has 1 atom stereocenters. The van der Waals surface area contributed by atoms with Crippen LogP contribution in [0, 0.1) is 11.3 Å². The fourth-order valence-electron chi connectivity index (χ4n) is 4.59. The molecule has 1 aromatic heterocycles. The molecular formula is C33H31Cl2N5O4. The van der Waals surface area contributed by atoms with Gasteiger partial charge in [-0.1, -0.05) is 41.4 Å². The Balaban J connectivity index is 1.45. The van der Waals surface area contributed by atoms with E-state index >= 15 is 0 Å². The van der Waals surface area contributed by atoms with Gasteiger partial charge in [-0.05, 0) is 56.1 Å². The van der Waals surface area contributed by atoms with Gasteiger partial charge in [-0.15, -0.1) is 0 Å². The molecule has 1 aliphatic heterocycles. The van der Waals surface area contributed by atoms with Crippen LogP contribution in [0.4, 0.5) is 17.1 Å². The number of halogens is 2. The summed E-state index contributed by atoms with van der Waals surface area (Å²) < 4.78 is 17.6. The lowest BCUT2D eigenvalue weighted by Gasteiger charge is -2.19. The van der Waals surface area contributed by atoms with Gasteiger partial charge in [0.2, 0.25) is 5.91 Å². The minimum atomic E-state index is -0.308. The van der Waals surface area contributed by atoms with E-state index in [9.17, 15) is 10.1 Å². The smallest absolute Gasteiger partial charge is 0.248 e. The summed E-state index contributed by atoms with van der Waals surface area (Å²) in [5.74, 6) is 0.662. The van der Waals surface area contributed by atoms with Gasteiger partial charge >= 0.3 is 0 Å². The number of carbonyl (C=O) groups excluding carboxylic acids is 1. The number of fused-ring (bicyclic) bond motifs is 1. The predicted molar refractivity (Wildman–Crippen MR) is 173 cm³/mol. The van der Waals surface area contributed by atoms with E-state index in [1.807, 2.05) is 43.3 Å². The third kappa shape index (κ3) is 7.98. The normalized spacial score (nSPS) is 14.6. The second-order valence-electron chi connectivity index (χ2n) is 10.5. The number of nitrogens with zero attached hydrogens (tertiary/aromatic N) is 3. The highest BCUT2D eigenvalue weighted by Crippen LogP contribution is 2.38. The SMILES string of the molecule is CN(C)C/C=C/C(=O)Nc1cc2c(Nc3ccc(OCc4cccc(Cl)c4)c(Cl)c3)c(C#N)cnc2cc1O[C@H]1CCOC1. The van der Waals surface area contributed by atoms with Gasteiger partial charge in [0.05, 0.1) is 40.7 Å². The molecule has 0 unspecified atom stereocenters. The van der Waals surface area contributed by atoms with Crippen molar-refractivity contribution >= 4 is 57.1 Å². The summed E-state index contributed by atoms with van der Waals surface area (Å²) in [6.07, 6.45) is 5.34. The van der Waals surface area contributed by atoms with Crippen molar-refractivity contribution in [3.05, 3.63) is 94.1 Å². The Morgan fingerprint density at radius 1 is 1.18 bits per heavy atom. The van der Waals surface area contributed by atoms with Gasteiger partial charge in [-0.3, -0.25) is 9.78 Å². The van der Waals surface area contributed by atoms with Crippen molar-refractivity contribution in [3.8, 4) is 17.6 Å². The molecule has 0 bridgehead atoms. The number of pyridine rings is 1. The van der Waals surface area contributed by atoms with E-state index in [0.29, 0.717) is 81.4 Å². The van der Waals surface area contributed by atoms with E-state index in [0.717, 1.165) is 12.0 Å². The van der Waals surface area contributed by atoms with Crippen LogP contribution in [-0.4, -0.2) is 55.7 Å². The molecule has 0 saturated carbocycles. The zero-order valence-electron chi connectivity index (χ0n) is 24.3. The lowest BCUT2D eigenvalue weighted by atomic mass is 10.1. The number of likely N-dealkylation sites (N-methyl/N-ethyl adjacent to an activating group) is 1. The fraction of sp³-hybridized carbons (Fsp3) is 0.242. The van der Waals surface area contributed by atoms with Crippen molar-refractivity contribution in [2.24, 2.45) is 0 Å². The van der Waals surface area contributed by atoms with Crippen LogP contribution >= 0.6 is 23.2 Å². The zero-order valence-corrected chi connectivity index (χ0v) is 25.8. The summed E-state index contributed by atoms with van der Waals surface area (Å²) in [7, 11) is 3.84. The molecule has 9 nitrogen and oxygen atoms in total. The van der Waals surface area contributed by atoms with Crippen molar-refractivity contribution in [3.63, 3.8) is 0 Å². The fourth-order valence-corrected chi connectivity index (χ4v) is 5.04. The van der Waals surface area contributed by atoms with Gasteiger partial charge in [0.1, 0.15) is 30.3 Å². The van der Waals surface area contributed by atoms with Crippen LogP contribution in [0.1, 0.15) is 17.5 Å². The van der Waals surface area contributed by atoms with Crippen LogP contribution in [0.3, 0.4) is 0 Å². The molecule has 4 aromatic rings. The second-order valence-corrected chi connectivity index (χ2v) is 11.3. The van der Waals surface area contributed by atoms with E-state index in [1.54, 1.807) is 36.4 Å². The monoisotopic (exact) mass is 631 g/mol. The average Bonchev–Trinajstić information content (AvgIpc) is 3.50. The van der Waals surface area contributed by atoms with Crippen molar-refractivity contribution in [2.45, 2.75) is 19.1 Å². The second kappa shape index (κ2) is 14.4. The van der Waals surface area contributed by atoms with Gasteiger partial charge in [-0.2, -0.15) is 5.26 Å². The highest BCUT2D eigenvalue weighted by molar-refractivity contribution is 6.32. The first-order valence-corrected chi connectivity index (χ1v) is 14.7. The summed E-state index contributed by atoms with van der Waals surface area (Å²) in [5, 5.41) is 17.8. The van der Waals surface area contributed by atoms with Gasteiger partial charge in [0.15, 0.2) is 0 Å². The number of benzene rings is 3. The average molecular weight is 633 g/mol. The van der Waals surface area contributed by atoms with Gasteiger partial charge in [0.25, 0.3) is 0 Å². The topological polar surface area (TPSA) is 109 Å². The van der Waals surface area contributed by atoms with Crippen molar-refractivity contribution in [1.29, 1.82) is 5.26 Å². The molecular weight excluding hydrogens is 601 g/mol. The number of ether oxygens (including phenoxy) is 3. The number of nitrogens with one attached hydrogen (secondary N) is 2. The number of amides is 1. The molecule has 5 rings (SSSR count). The number of nitriles is 1. The lowest BCUT2D eigenvalue weighted by molar-refractivity contribution is -0.111. The van der Waals surface area contributed by atoms with Crippen molar-refractivity contribution < 1.29 is 19.0 Å². The number of hydrogen-bond donors (Lipinski definition) is 2. The number of hydrogen-bond acceptors (Lipinski definition) is 8. The Hall–Kier alpha value is -4.33. The third-order valence-corrected chi connectivity index (χ3v) is 7.28. The first-order chi connectivity index (χ1) is 21.3. The minimum Gasteiger partial charge on any atom is -0.487 e.